The maximum Gasteiger partial charge on any atom is 0.263 e. The second-order valence-electron chi connectivity index (χ2n) is 4.31. The van der Waals surface area contributed by atoms with Crippen LogP contribution in [0.15, 0.2) is 29.2 Å². The predicted octanol–water partition coefficient (Wildman–Crippen LogP) is 1.93. The van der Waals surface area contributed by atoms with E-state index in [4.69, 9.17) is 0 Å². The maximum atomic E-state index is 12.3. The number of hydrogen-bond donors (Lipinski definition) is 2. The molecule has 0 amide bonds. The van der Waals surface area contributed by atoms with Crippen LogP contribution < -0.4 is 10.0 Å². The minimum absolute atomic E-state index is 0.0777. The molecule has 0 bridgehead atoms. The summed E-state index contributed by atoms with van der Waals surface area (Å²) in [5, 5.41) is 11.6. The zero-order chi connectivity index (χ0) is 14.8. The van der Waals surface area contributed by atoms with Gasteiger partial charge in [0.05, 0.1) is 4.90 Å². The number of nitrogens with one attached hydrogen (secondary N) is 2. The Morgan fingerprint density at radius 2 is 2.05 bits per heavy atom. The van der Waals surface area contributed by atoms with Crippen LogP contribution in [-0.2, 0) is 10.0 Å². The molecule has 2 N–H and O–H groups in total. The zero-order valence-electron chi connectivity index (χ0n) is 11.4. The molecular formula is C12H16N4O2S2. The Morgan fingerprint density at radius 3 is 2.65 bits per heavy atom. The number of nitrogens with zero attached hydrogens (tertiary/aromatic N) is 2. The van der Waals surface area contributed by atoms with Crippen LogP contribution in [0.3, 0.4) is 0 Å². The topological polar surface area (TPSA) is 84.0 Å². The highest BCUT2D eigenvalue weighted by atomic mass is 32.2. The lowest BCUT2D eigenvalue weighted by molar-refractivity contribution is 0.600. The van der Waals surface area contributed by atoms with Crippen molar-refractivity contribution in [3.63, 3.8) is 0 Å². The monoisotopic (exact) mass is 312 g/mol. The van der Waals surface area contributed by atoms with E-state index in [0.29, 0.717) is 5.01 Å². The molecular weight excluding hydrogens is 296 g/mol. The van der Waals surface area contributed by atoms with Gasteiger partial charge in [-0.3, -0.25) is 4.72 Å². The fourth-order valence-corrected chi connectivity index (χ4v) is 3.51. The number of aromatic nitrogens is 2. The summed E-state index contributed by atoms with van der Waals surface area (Å²) in [5.74, 6) is 0. The Hall–Kier alpha value is -1.51. The first kappa shape index (κ1) is 14.9. The fourth-order valence-electron chi connectivity index (χ4n) is 1.63. The van der Waals surface area contributed by atoms with Crippen LogP contribution in [-0.4, -0.2) is 25.7 Å². The number of rotatable bonds is 5. The minimum Gasteiger partial charge on any atom is -0.313 e. The lowest BCUT2D eigenvalue weighted by atomic mass is 10.1. The van der Waals surface area contributed by atoms with Gasteiger partial charge in [0.15, 0.2) is 0 Å². The van der Waals surface area contributed by atoms with E-state index < -0.39 is 10.0 Å². The third-order valence-electron chi connectivity index (χ3n) is 2.85. The van der Waals surface area contributed by atoms with Crippen molar-refractivity contribution < 1.29 is 8.42 Å². The van der Waals surface area contributed by atoms with E-state index >= 15 is 0 Å². The van der Waals surface area contributed by atoms with Gasteiger partial charge in [0, 0.05) is 6.04 Å². The third-order valence-corrected chi connectivity index (χ3v) is 5.07. The van der Waals surface area contributed by atoms with Gasteiger partial charge in [0.2, 0.25) is 5.13 Å². The van der Waals surface area contributed by atoms with Gasteiger partial charge in [-0.15, -0.1) is 10.2 Å². The number of sulfonamides is 1. The molecule has 108 valence electrons. The second-order valence-corrected chi connectivity index (χ2v) is 7.18. The SMILES string of the molecule is CNC(C)c1cccc(S(=O)(=O)Nc2nnc(C)s2)c1. The van der Waals surface area contributed by atoms with Crippen molar-refractivity contribution >= 4 is 26.5 Å². The first-order valence-corrected chi connectivity index (χ1v) is 8.32. The number of anilines is 1. The van der Waals surface area contributed by atoms with E-state index in [2.05, 4.69) is 20.2 Å². The van der Waals surface area contributed by atoms with Gasteiger partial charge in [0.25, 0.3) is 10.0 Å². The van der Waals surface area contributed by atoms with E-state index in [-0.39, 0.29) is 16.1 Å². The van der Waals surface area contributed by atoms with Crippen LogP contribution in [0.2, 0.25) is 0 Å². The fraction of sp³-hybridized carbons (Fsp3) is 0.333. The van der Waals surface area contributed by atoms with Crippen LogP contribution in [0.5, 0.6) is 0 Å². The van der Waals surface area contributed by atoms with Gasteiger partial charge in [-0.25, -0.2) is 8.42 Å². The molecule has 0 aliphatic carbocycles. The second kappa shape index (κ2) is 5.86. The van der Waals surface area contributed by atoms with E-state index in [9.17, 15) is 8.42 Å². The molecule has 0 saturated carbocycles. The zero-order valence-corrected chi connectivity index (χ0v) is 13.0. The molecule has 1 aromatic carbocycles. The van der Waals surface area contributed by atoms with Gasteiger partial charge in [0.1, 0.15) is 5.01 Å². The van der Waals surface area contributed by atoms with Gasteiger partial charge >= 0.3 is 0 Å². The molecule has 0 aliphatic heterocycles. The molecule has 1 unspecified atom stereocenters. The molecule has 2 aromatic rings. The Kier molecular flexibility index (Phi) is 4.36. The summed E-state index contributed by atoms with van der Waals surface area (Å²) in [6.45, 7) is 3.73. The Bertz CT molecular complexity index is 697. The van der Waals surface area contributed by atoms with E-state index in [1.54, 1.807) is 25.1 Å². The average molecular weight is 312 g/mol. The van der Waals surface area contributed by atoms with E-state index in [1.807, 2.05) is 20.0 Å². The lowest BCUT2D eigenvalue weighted by Crippen LogP contribution is -2.15. The highest BCUT2D eigenvalue weighted by Crippen LogP contribution is 2.21. The average Bonchev–Trinajstić information content (AvgIpc) is 2.82. The van der Waals surface area contributed by atoms with E-state index in [0.717, 1.165) is 5.56 Å². The third kappa shape index (κ3) is 3.33. The largest absolute Gasteiger partial charge is 0.313 e. The van der Waals surface area contributed by atoms with Crippen LogP contribution in [0, 0.1) is 6.92 Å². The van der Waals surface area contributed by atoms with Crippen LogP contribution in [0.4, 0.5) is 5.13 Å². The molecule has 0 aliphatic rings. The van der Waals surface area contributed by atoms with Crippen LogP contribution in [0.1, 0.15) is 23.5 Å². The summed E-state index contributed by atoms with van der Waals surface area (Å²) in [6.07, 6.45) is 0. The van der Waals surface area contributed by atoms with Crippen molar-refractivity contribution in [1.82, 2.24) is 15.5 Å². The van der Waals surface area contributed by atoms with Crippen molar-refractivity contribution in [2.45, 2.75) is 24.8 Å². The first-order chi connectivity index (χ1) is 9.42. The number of aryl methyl sites for hydroxylation is 1. The van der Waals surface area contributed by atoms with Crippen LogP contribution in [0.25, 0.3) is 0 Å². The molecule has 0 radical (unpaired) electrons. The quantitative estimate of drug-likeness (QED) is 0.881. The van der Waals surface area contributed by atoms with Crippen molar-refractivity contribution in [3.8, 4) is 0 Å². The molecule has 0 fully saturated rings. The molecule has 0 saturated heterocycles. The molecule has 0 spiro atoms. The van der Waals surface area contributed by atoms with Crippen molar-refractivity contribution in [2.75, 3.05) is 11.8 Å². The van der Waals surface area contributed by atoms with Gasteiger partial charge in [-0.05, 0) is 38.6 Å². The summed E-state index contributed by atoms with van der Waals surface area (Å²) in [4.78, 5) is 0.213. The smallest absolute Gasteiger partial charge is 0.263 e. The minimum atomic E-state index is -3.63. The normalized spacial score (nSPS) is 13.2. The summed E-state index contributed by atoms with van der Waals surface area (Å²) in [5.41, 5.74) is 0.906. The number of benzene rings is 1. The summed E-state index contributed by atoms with van der Waals surface area (Å²) in [6, 6.07) is 6.90. The summed E-state index contributed by atoms with van der Waals surface area (Å²) >= 11 is 1.20. The molecule has 2 rings (SSSR count). The maximum absolute atomic E-state index is 12.3. The van der Waals surface area contributed by atoms with Crippen molar-refractivity contribution in [1.29, 1.82) is 0 Å². The van der Waals surface area contributed by atoms with Gasteiger partial charge in [-0.2, -0.15) is 0 Å². The standard InChI is InChI=1S/C12H16N4O2S2/c1-8(13-3)10-5-4-6-11(7-10)20(17,18)16-12-15-14-9(2)19-12/h4-8,13H,1-3H3,(H,15,16). The Morgan fingerprint density at radius 1 is 1.30 bits per heavy atom. The summed E-state index contributed by atoms with van der Waals surface area (Å²) < 4.78 is 27.0. The van der Waals surface area contributed by atoms with E-state index in [1.165, 1.54) is 11.3 Å². The molecule has 1 atom stereocenters. The molecule has 6 nitrogen and oxygen atoms in total. The predicted molar refractivity (Wildman–Crippen MR) is 79.4 cm³/mol. The van der Waals surface area contributed by atoms with Gasteiger partial charge in [-0.1, -0.05) is 23.5 Å². The van der Waals surface area contributed by atoms with Crippen molar-refractivity contribution in [2.24, 2.45) is 0 Å². The van der Waals surface area contributed by atoms with Crippen molar-refractivity contribution in [3.05, 3.63) is 34.8 Å². The molecule has 8 heteroatoms. The highest BCUT2D eigenvalue weighted by molar-refractivity contribution is 7.93. The summed E-state index contributed by atoms with van der Waals surface area (Å²) in [7, 11) is -1.81. The van der Waals surface area contributed by atoms with Crippen LogP contribution >= 0.6 is 11.3 Å². The Balaban J connectivity index is 2.29. The number of hydrogen-bond acceptors (Lipinski definition) is 6. The molecule has 1 heterocycles. The first-order valence-electron chi connectivity index (χ1n) is 6.02. The highest BCUT2D eigenvalue weighted by Gasteiger charge is 2.17. The molecule has 20 heavy (non-hydrogen) atoms. The Labute approximate surface area is 122 Å². The molecule has 1 aromatic heterocycles. The lowest BCUT2D eigenvalue weighted by Gasteiger charge is -2.12. The van der Waals surface area contributed by atoms with Gasteiger partial charge < -0.3 is 5.32 Å².